The number of rotatable bonds is 3. The van der Waals surface area contributed by atoms with E-state index in [-0.39, 0.29) is 5.69 Å². The highest BCUT2D eigenvalue weighted by atomic mass is 16.5. The molecule has 1 N–H and O–H groups in total. The van der Waals surface area contributed by atoms with E-state index in [0.717, 1.165) is 0 Å². The van der Waals surface area contributed by atoms with Gasteiger partial charge in [0.1, 0.15) is 11.4 Å². The highest BCUT2D eigenvalue weighted by molar-refractivity contribution is 6.02. The standard InChI is InChI=1S/C10H13NO3/c1-10(2,13)9(12)8-7(14-3)5-4-6-11-8/h4-6,13H,1-3H3. The topological polar surface area (TPSA) is 59.4 Å². The minimum atomic E-state index is -1.43. The van der Waals surface area contributed by atoms with Gasteiger partial charge in [0, 0.05) is 6.20 Å². The zero-order chi connectivity index (χ0) is 10.8. The van der Waals surface area contributed by atoms with Gasteiger partial charge in [-0.05, 0) is 26.0 Å². The van der Waals surface area contributed by atoms with Gasteiger partial charge in [-0.3, -0.25) is 4.79 Å². The zero-order valence-corrected chi connectivity index (χ0v) is 8.44. The number of methoxy groups -OCH3 is 1. The summed E-state index contributed by atoms with van der Waals surface area (Å²) in [6.45, 7) is 2.84. The molecule has 4 heteroatoms. The van der Waals surface area contributed by atoms with Gasteiger partial charge in [0.05, 0.1) is 7.11 Å². The predicted molar refractivity (Wildman–Crippen MR) is 51.4 cm³/mol. The summed E-state index contributed by atoms with van der Waals surface area (Å²) in [5.41, 5.74) is -1.27. The molecule has 0 unspecified atom stereocenters. The number of aromatic nitrogens is 1. The minimum absolute atomic E-state index is 0.155. The van der Waals surface area contributed by atoms with E-state index in [2.05, 4.69) is 4.98 Å². The fourth-order valence-corrected chi connectivity index (χ4v) is 1.02. The van der Waals surface area contributed by atoms with Crippen LogP contribution in [0.15, 0.2) is 18.3 Å². The summed E-state index contributed by atoms with van der Waals surface area (Å²) < 4.78 is 4.97. The normalized spacial score (nSPS) is 11.1. The van der Waals surface area contributed by atoms with E-state index in [0.29, 0.717) is 5.75 Å². The number of carbonyl (C=O) groups excluding carboxylic acids is 1. The maximum Gasteiger partial charge on any atom is 0.215 e. The Labute approximate surface area is 82.5 Å². The second-order valence-corrected chi connectivity index (χ2v) is 3.44. The monoisotopic (exact) mass is 195 g/mol. The van der Waals surface area contributed by atoms with E-state index in [4.69, 9.17) is 4.74 Å². The fraction of sp³-hybridized carbons (Fsp3) is 0.400. The lowest BCUT2D eigenvalue weighted by Crippen LogP contribution is -2.32. The predicted octanol–water partition coefficient (Wildman–Crippen LogP) is 1.04. The van der Waals surface area contributed by atoms with Crippen LogP contribution < -0.4 is 4.74 Å². The van der Waals surface area contributed by atoms with Crippen molar-refractivity contribution in [2.24, 2.45) is 0 Å². The molecule has 0 aliphatic carbocycles. The zero-order valence-electron chi connectivity index (χ0n) is 8.44. The molecule has 0 radical (unpaired) electrons. The molecule has 0 spiro atoms. The van der Waals surface area contributed by atoms with Crippen LogP contribution in [0.2, 0.25) is 0 Å². The third-order valence-corrected chi connectivity index (χ3v) is 1.76. The first-order chi connectivity index (χ1) is 6.46. The largest absolute Gasteiger partial charge is 0.494 e. The first-order valence-corrected chi connectivity index (χ1v) is 4.23. The van der Waals surface area contributed by atoms with Crippen LogP contribution in [0.5, 0.6) is 5.75 Å². The number of carbonyl (C=O) groups is 1. The summed E-state index contributed by atoms with van der Waals surface area (Å²) in [5, 5.41) is 9.51. The molecule has 14 heavy (non-hydrogen) atoms. The van der Waals surface area contributed by atoms with Crippen molar-refractivity contribution in [1.29, 1.82) is 0 Å². The van der Waals surface area contributed by atoms with Crippen molar-refractivity contribution in [1.82, 2.24) is 4.98 Å². The summed E-state index contributed by atoms with van der Waals surface area (Å²) in [7, 11) is 1.46. The molecule has 0 amide bonds. The molecule has 1 aromatic rings. The molecule has 0 saturated carbocycles. The third-order valence-electron chi connectivity index (χ3n) is 1.76. The number of hydrogen-bond donors (Lipinski definition) is 1. The van der Waals surface area contributed by atoms with Crippen molar-refractivity contribution >= 4 is 5.78 Å². The minimum Gasteiger partial charge on any atom is -0.494 e. The van der Waals surface area contributed by atoms with E-state index in [1.807, 2.05) is 0 Å². The van der Waals surface area contributed by atoms with Crippen LogP contribution >= 0.6 is 0 Å². The smallest absolute Gasteiger partial charge is 0.215 e. The first kappa shape index (κ1) is 10.7. The van der Waals surface area contributed by atoms with Crippen molar-refractivity contribution in [3.63, 3.8) is 0 Å². The highest BCUT2D eigenvalue weighted by Crippen LogP contribution is 2.20. The van der Waals surface area contributed by atoms with Crippen molar-refractivity contribution in [2.75, 3.05) is 7.11 Å². The van der Waals surface area contributed by atoms with Gasteiger partial charge < -0.3 is 9.84 Å². The van der Waals surface area contributed by atoms with E-state index in [1.165, 1.54) is 27.2 Å². The molecule has 0 bridgehead atoms. The van der Waals surface area contributed by atoms with Crippen LogP contribution in [0.25, 0.3) is 0 Å². The number of hydrogen-bond acceptors (Lipinski definition) is 4. The van der Waals surface area contributed by atoms with Crippen molar-refractivity contribution in [3.05, 3.63) is 24.0 Å². The number of Topliss-reactive ketones (excluding diaryl/α,β-unsaturated/α-hetero) is 1. The van der Waals surface area contributed by atoms with E-state index in [9.17, 15) is 9.90 Å². The van der Waals surface area contributed by atoms with Gasteiger partial charge in [-0.2, -0.15) is 0 Å². The van der Waals surface area contributed by atoms with Crippen LogP contribution in [0.4, 0.5) is 0 Å². The second-order valence-electron chi connectivity index (χ2n) is 3.44. The summed E-state index contributed by atoms with van der Waals surface area (Å²) in [6.07, 6.45) is 1.49. The molecule has 1 rings (SSSR count). The van der Waals surface area contributed by atoms with Crippen molar-refractivity contribution < 1.29 is 14.6 Å². The van der Waals surface area contributed by atoms with E-state index >= 15 is 0 Å². The molecule has 0 fully saturated rings. The lowest BCUT2D eigenvalue weighted by molar-refractivity contribution is 0.0479. The lowest BCUT2D eigenvalue weighted by Gasteiger charge is -2.16. The van der Waals surface area contributed by atoms with Gasteiger partial charge in [0.15, 0.2) is 5.69 Å². The Morgan fingerprint density at radius 3 is 2.71 bits per heavy atom. The quantitative estimate of drug-likeness (QED) is 0.732. The molecule has 0 aliphatic rings. The average Bonchev–Trinajstić information content (AvgIpc) is 2.15. The van der Waals surface area contributed by atoms with Gasteiger partial charge >= 0.3 is 0 Å². The lowest BCUT2D eigenvalue weighted by atomic mass is 10.0. The Balaban J connectivity index is 3.13. The van der Waals surface area contributed by atoms with Crippen LogP contribution in [0.3, 0.4) is 0 Å². The van der Waals surface area contributed by atoms with Crippen molar-refractivity contribution in [2.45, 2.75) is 19.4 Å². The van der Waals surface area contributed by atoms with Gasteiger partial charge in [-0.15, -0.1) is 0 Å². The van der Waals surface area contributed by atoms with Gasteiger partial charge in [0.2, 0.25) is 5.78 Å². The maximum absolute atomic E-state index is 11.7. The number of aliphatic hydroxyl groups is 1. The molecule has 1 heterocycles. The van der Waals surface area contributed by atoms with Gasteiger partial charge in [-0.1, -0.05) is 0 Å². The van der Waals surface area contributed by atoms with Crippen molar-refractivity contribution in [3.8, 4) is 5.75 Å². The third kappa shape index (κ3) is 2.09. The summed E-state index contributed by atoms with van der Waals surface area (Å²) in [5.74, 6) is -0.0745. The molecular weight excluding hydrogens is 182 g/mol. The van der Waals surface area contributed by atoms with Crippen LogP contribution in [0.1, 0.15) is 24.3 Å². The molecule has 76 valence electrons. The molecule has 0 atom stereocenters. The van der Waals surface area contributed by atoms with Crippen LogP contribution in [-0.2, 0) is 0 Å². The van der Waals surface area contributed by atoms with Crippen LogP contribution in [-0.4, -0.2) is 28.6 Å². The average molecular weight is 195 g/mol. The Morgan fingerprint density at radius 2 is 2.21 bits per heavy atom. The molecule has 0 aromatic carbocycles. The van der Waals surface area contributed by atoms with E-state index < -0.39 is 11.4 Å². The summed E-state index contributed by atoms with van der Waals surface area (Å²) in [4.78, 5) is 15.5. The van der Waals surface area contributed by atoms with Gasteiger partial charge in [0.25, 0.3) is 0 Å². The molecule has 4 nitrogen and oxygen atoms in total. The Morgan fingerprint density at radius 1 is 1.57 bits per heavy atom. The highest BCUT2D eigenvalue weighted by Gasteiger charge is 2.28. The number of nitrogens with zero attached hydrogens (tertiary/aromatic N) is 1. The molecule has 0 aliphatic heterocycles. The first-order valence-electron chi connectivity index (χ1n) is 4.23. The maximum atomic E-state index is 11.7. The Bertz CT molecular complexity index is 341. The number of pyridine rings is 1. The van der Waals surface area contributed by atoms with Gasteiger partial charge in [-0.25, -0.2) is 4.98 Å². The SMILES string of the molecule is COc1cccnc1C(=O)C(C)(C)O. The number of ether oxygens (including phenoxy) is 1. The molecule has 1 aromatic heterocycles. The Hall–Kier alpha value is -1.42. The summed E-state index contributed by atoms with van der Waals surface area (Å²) >= 11 is 0. The summed E-state index contributed by atoms with van der Waals surface area (Å²) in [6, 6.07) is 3.30. The Kier molecular flexibility index (Phi) is 2.86. The van der Waals surface area contributed by atoms with Crippen LogP contribution in [0, 0.1) is 0 Å². The van der Waals surface area contributed by atoms with E-state index in [1.54, 1.807) is 12.1 Å². The second kappa shape index (κ2) is 3.75. The fourth-order valence-electron chi connectivity index (χ4n) is 1.02. The molecule has 0 saturated heterocycles. The number of ketones is 1. The molecular formula is C10H13NO3.